The standard InChI is InChI=1S/C13H17BrN2O3/c1-3-16-6-10(14)12(17)11(7-16)15-13(18)9-4-5-19-8(9)2/h6-9H,3-5H2,1-2H3,(H,15,18)/t8-,9-/m1/s1. The van der Waals surface area contributed by atoms with Crippen LogP contribution in [0.15, 0.2) is 21.7 Å². The van der Waals surface area contributed by atoms with Crippen molar-refractivity contribution >= 4 is 27.5 Å². The molecule has 0 radical (unpaired) electrons. The molecule has 1 aliphatic heterocycles. The fourth-order valence-electron chi connectivity index (χ4n) is 2.17. The summed E-state index contributed by atoms with van der Waals surface area (Å²) >= 11 is 3.21. The summed E-state index contributed by atoms with van der Waals surface area (Å²) in [5, 5.41) is 2.72. The van der Waals surface area contributed by atoms with E-state index in [2.05, 4.69) is 21.2 Å². The van der Waals surface area contributed by atoms with Crippen LogP contribution in [0.4, 0.5) is 5.69 Å². The van der Waals surface area contributed by atoms with E-state index in [-0.39, 0.29) is 23.4 Å². The maximum Gasteiger partial charge on any atom is 0.230 e. The molecule has 104 valence electrons. The lowest BCUT2D eigenvalue weighted by molar-refractivity contribution is -0.121. The average molecular weight is 329 g/mol. The second-order valence-corrected chi connectivity index (χ2v) is 5.49. The zero-order valence-electron chi connectivity index (χ0n) is 11.0. The summed E-state index contributed by atoms with van der Waals surface area (Å²) in [5.41, 5.74) is 0.102. The number of nitrogens with one attached hydrogen (secondary N) is 1. The number of pyridine rings is 1. The van der Waals surface area contributed by atoms with Gasteiger partial charge in [-0.15, -0.1) is 0 Å². The van der Waals surface area contributed by atoms with Gasteiger partial charge in [0.25, 0.3) is 0 Å². The van der Waals surface area contributed by atoms with Gasteiger partial charge in [0.2, 0.25) is 11.3 Å². The van der Waals surface area contributed by atoms with Crippen molar-refractivity contribution in [2.75, 3.05) is 11.9 Å². The van der Waals surface area contributed by atoms with Gasteiger partial charge in [0, 0.05) is 25.5 Å². The van der Waals surface area contributed by atoms with E-state index in [0.29, 0.717) is 23.2 Å². The highest BCUT2D eigenvalue weighted by atomic mass is 79.9. The Labute approximate surface area is 120 Å². The Balaban J connectivity index is 2.21. The Bertz CT molecular complexity index is 541. The van der Waals surface area contributed by atoms with Crippen LogP contribution in [0.5, 0.6) is 0 Å². The van der Waals surface area contributed by atoms with E-state index in [1.807, 2.05) is 18.4 Å². The summed E-state index contributed by atoms with van der Waals surface area (Å²) < 4.78 is 7.66. The molecule has 1 amide bonds. The minimum Gasteiger partial charge on any atom is -0.378 e. The zero-order chi connectivity index (χ0) is 14.0. The van der Waals surface area contributed by atoms with E-state index < -0.39 is 0 Å². The third-order valence-corrected chi connectivity index (χ3v) is 3.94. The van der Waals surface area contributed by atoms with Crippen molar-refractivity contribution in [3.05, 3.63) is 27.1 Å². The lowest BCUT2D eigenvalue weighted by Crippen LogP contribution is -2.30. The molecule has 1 saturated heterocycles. The number of carbonyl (C=O) groups excluding carboxylic acids is 1. The Morgan fingerprint density at radius 3 is 2.89 bits per heavy atom. The third kappa shape index (κ3) is 3.06. The van der Waals surface area contributed by atoms with Gasteiger partial charge in [-0.05, 0) is 36.2 Å². The van der Waals surface area contributed by atoms with E-state index in [9.17, 15) is 9.59 Å². The number of anilines is 1. The quantitative estimate of drug-likeness (QED) is 0.923. The molecule has 0 saturated carbocycles. The summed E-state index contributed by atoms with van der Waals surface area (Å²) in [6, 6.07) is 0. The highest BCUT2D eigenvalue weighted by molar-refractivity contribution is 9.10. The summed E-state index contributed by atoms with van der Waals surface area (Å²) in [7, 11) is 0. The minimum atomic E-state index is -0.204. The summed E-state index contributed by atoms with van der Waals surface area (Å²) in [4.78, 5) is 24.1. The Hall–Kier alpha value is -1.14. The van der Waals surface area contributed by atoms with Crippen molar-refractivity contribution in [3.8, 4) is 0 Å². The van der Waals surface area contributed by atoms with Crippen LogP contribution in [0.25, 0.3) is 0 Å². The smallest absolute Gasteiger partial charge is 0.230 e. The molecular weight excluding hydrogens is 312 g/mol. The monoisotopic (exact) mass is 328 g/mol. The van der Waals surface area contributed by atoms with Crippen LogP contribution in [-0.4, -0.2) is 23.2 Å². The lowest BCUT2D eigenvalue weighted by atomic mass is 10.0. The number of aryl methyl sites for hydroxylation is 1. The van der Waals surface area contributed by atoms with Gasteiger partial charge in [0.05, 0.1) is 16.5 Å². The van der Waals surface area contributed by atoms with Crippen LogP contribution in [0.2, 0.25) is 0 Å². The van der Waals surface area contributed by atoms with Gasteiger partial charge in [-0.2, -0.15) is 0 Å². The van der Waals surface area contributed by atoms with Gasteiger partial charge in [0.15, 0.2) is 0 Å². The fourth-order valence-corrected chi connectivity index (χ4v) is 2.64. The summed E-state index contributed by atoms with van der Waals surface area (Å²) in [5.74, 6) is -0.337. The zero-order valence-corrected chi connectivity index (χ0v) is 12.6. The van der Waals surface area contributed by atoms with Crippen molar-refractivity contribution in [2.24, 2.45) is 5.92 Å². The molecule has 0 aromatic carbocycles. The van der Waals surface area contributed by atoms with Gasteiger partial charge in [0.1, 0.15) is 5.69 Å². The topological polar surface area (TPSA) is 60.3 Å². The number of ether oxygens (including phenoxy) is 1. The first-order valence-corrected chi connectivity index (χ1v) is 7.14. The van der Waals surface area contributed by atoms with Crippen LogP contribution in [-0.2, 0) is 16.1 Å². The number of amides is 1. The van der Waals surface area contributed by atoms with Gasteiger partial charge in [-0.3, -0.25) is 9.59 Å². The molecule has 1 aromatic heterocycles. The van der Waals surface area contributed by atoms with Gasteiger partial charge in [-0.25, -0.2) is 0 Å². The Morgan fingerprint density at radius 1 is 1.58 bits per heavy atom. The van der Waals surface area contributed by atoms with Crippen molar-refractivity contribution < 1.29 is 9.53 Å². The van der Waals surface area contributed by atoms with E-state index in [1.165, 1.54) is 0 Å². The number of aromatic nitrogens is 1. The molecule has 1 aliphatic rings. The predicted octanol–water partition coefficient (Wildman–Crippen LogP) is 1.99. The molecule has 5 nitrogen and oxygen atoms in total. The molecule has 0 bridgehead atoms. The first kappa shape index (κ1) is 14.3. The second-order valence-electron chi connectivity index (χ2n) is 4.64. The first-order chi connectivity index (χ1) is 9.02. The van der Waals surface area contributed by atoms with Crippen LogP contribution in [0.3, 0.4) is 0 Å². The molecule has 1 fully saturated rings. The van der Waals surface area contributed by atoms with Crippen LogP contribution < -0.4 is 10.7 Å². The Kier molecular flexibility index (Phi) is 4.42. The molecule has 0 spiro atoms. The lowest BCUT2D eigenvalue weighted by Gasteiger charge is -2.14. The number of hydrogen-bond acceptors (Lipinski definition) is 3. The van der Waals surface area contributed by atoms with Crippen molar-refractivity contribution in [2.45, 2.75) is 32.9 Å². The summed E-state index contributed by atoms with van der Waals surface area (Å²) in [6.07, 6.45) is 3.97. The van der Waals surface area contributed by atoms with Crippen molar-refractivity contribution in [1.29, 1.82) is 0 Å². The maximum absolute atomic E-state index is 12.1. The molecule has 1 aromatic rings. The van der Waals surface area contributed by atoms with Crippen LogP contribution in [0.1, 0.15) is 20.3 Å². The van der Waals surface area contributed by atoms with E-state index in [4.69, 9.17) is 4.74 Å². The van der Waals surface area contributed by atoms with Crippen molar-refractivity contribution in [3.63, 3.8) is 0 Å². The maximum atomic E-state index is 12.1. The molecule has 2 atom stereocenters. The number of halogens is 1. The molecule has 2 heterocycles. The predicted molar refractivity (Wildman–Crippen MR) is 76.2 cm³/mol. The number of hydrogen-bond donors (Lipinski definition) is 1. The normalized spacial score (nSPS) is 22.5. The van der Waals surface area contributed by atoms with Crippen molar-refractivity contribution in [1.82, 2.24) is 4.57 Å². The van der Waals surface area contributed by atoms with Gasteiger partial charge in [-0.1, -0.05) is 0 Å². The largest absolute Gasteiger partial charge is 0.378 e. The highest BCUT2D eigenvalue weighted by Gasteiger charge is 2.31. The molecule has 0 unspecified atom stereocenters. The third-order valence-electron chi connectivity index (χ3n) is 3.37. The van der Waals surface area contributed by atoms with E-state index in [1.54, 1.807) is 12.4 Å². The molecule has 2 rings (SSSR count). The molecular formula is C13H17BrN2O3. The minimum absolute atomic E-state index is 0.0967. The average Bonchev–Trinajstić information content (AvgIpc) is 2.80. The second kappa shape index (κ2) is 5.88. The molecule has 0 aliphatic carbocycles. The van der Waals surface area contributed by atoms with Crippen LogP contribution in [0, 0.1) is 5.92 Å². The molecule has 19 heavy (non-hydrogen) atoms. The highest BCUT2D eigenvalue weighted by Crippen LogP contribution is 2.22. The SMILES string of the molecule is CCn1cc(Br)c(=O)c(NC(=O)[C@@H]2CCO[C@@H]2C)c1. The van der Waals surface area contributed by atoms with Gasteiger partial charge >= 0.3 is 0 Å². The van der Waals surface area contributed by atoms with Crippen LogP contribution >= 0.6 is 15.9 Å². The first-order valence-electron chi connectivity index (χ1n) is 6.35. The molecule has 1 N–H and O–H groups in total. The Morgan fingerprint density at radius 2 is 2.32 bits per heavy atom. The molecule has 6 heteroatoms. The number of nitrogens with zero attached hydrogens (tertiary/aromatic N) is 1. The fraction of sp³-hybridized carbons (Fsp3) is 0.538. The summed E-state index contributed by atoms with van der Waals surface area (Å²) in [6.45, 7) is 5.17. The number of rotatable bonds is 3. The van der Waals surface area contributed by atoms with E-state index >= 15 is 0 Å². The van der Waals surface area contributed by atoms with E-state index in [0.717, 1.165) is 6.54 Å². The van der Waals surface area contributed by atoms with Gasteiger partial charge < -0.3 is 14.6 Å². The number of carbonyl (C=O) groups is 1.